The number of amides is 1. The third-order valence-electron chi connectivity index (χ3n) is 4.88. The van der Waals surface area contributed by atoms with Gasteiger partial charge in [0.05, 0.1) is 7.11 Å². The lowest BCUT2D eigenvalue weighted by atomic mass is 10.1. The number of benzene rings is 3. The van der Waals surface area contributed by atoms with E-state index in [9.17, 15) is 4.79 Å². The summed E-state index contributed by atoms with van der Waals surface area (Å²) in [5.41, 5.74) is 3.96. The molecule has 32 heavy (non-hydrogen) atoms. The monoisotopic (exact) mass is 516 g/mol. The highest BCUT2D eigenvalue weighted by Gasteiger charge is 2.16. The fourth-order valence-electron chi connectivity index (χ4n) is 3.13. The van der Waals surface area contributed by atoms with Gasteiger partial charge in [-0.2, -0.15) is 0 Å². The van der Waals surface area contributed by atoms with Crippen LogP contribution in [0, 0.1) is 6.92 Å². The van der Waals surface area contributed by atoms with Crippen LogP contribution in [-0.2, 0) is 17.8 Å². The van der Waals surface area contributed by atoms with Gasteiger partial charge < -0.3 is 20.1 Å². The Bertz CT molecular complexity index is 1040. The van der Waals surface area contributed by atoms with Gasteiger partial charge in [0.25, 0.3) is 5.91 Å². The van der Waals surface area contributed by atoms with Crippen molar-refractivity contribution in [3.63, 3.8) is 0 Å². The molecule has 0 saturated heterocycles. The average Bonchev–Trinajstić information content (AvgIpc) is 2.79. The first kappa shape index (κ1) is 24.1. The van der Waals surface area contributed by atoms with Crippen LogP contribution in [0.15, 0.2) is 65.1 Å². The Hall–Kier alpha value is -2.54. The van der Waals surface area contributed by atoms with E-state index in [0.717, 1.165) is 39.3 Å². The fraction of sp³-hybridized carbons (Fsp3) is 0.240. The lowest BCUT2D eigenvalue weighted by molar-refractivity contribution is -0.118. The molecule has 0 bridgehead atoms. The van der Waals surface area contributed by atoms with Gasteiger partial charge in [0.2, 0.25) is 0 Å². The number of hydrogen-bond donors (Lipinski definition) is 2. The van der Waals surface area contributed by atoms with Gasteiger partial charge in [0.15, 0.2) is 18.1 Å². The molecule has 0 heterocycles. The van der Waals surface area contributed by atoms with Crippen LogP contribution in [-0.4, -0.2) is 26.2 Å². The lowest BCUT2D eigenvalue weighted by Gasteiger charge is -2.17. The molecule has 2 N–H and O–H groups in total. The zero-order valence-corrected chi connectivity index (χ0v) is 20.4. The van der Waals surface area contributed by atoms with Crippen molar-refractivity contribution >= 4 is 39.1 Å². The number of aryl methyl sites for hydroxylation is 1. The van der Waals surface area contributed by atoms with Crippen LogP contribution in [0.5, 0.6) is 11.5 Å². The number of hydrogen-bond acceptors (Lipinski definition) is 4. The highest BCUT2D eigenvalue weighted by molar-refractivity contribution is 9.10. The van der Waals surface area contributed by atoms with E-state index in [2.05, 4.69) is 26.6 Å². The van der Waals surface area contributed by atoms with Crippen molar-refractivity contribution in [1.82, 2.24) is 5.32 Å². The number of rotatable bonds is 10. The maximum atomic E-state index is 12.4. The molecule has 0 unspecified atom stereocenters. The van der Waals surface area contributed by atoms with Crippen molar-refractivity contribution < 1.29 is 14.3 Å². The minimum Gasteiger partial charge on any atom is -0.493 e. The number of ether oxygens (including phenoxy) is 2. The van der Waals surface area contributed by atoms with Crippen molar-refractivity contribution in [2.75, 3.05) is 25.6 Å². The molecule has 0 aromatic heterocycles. The molecule has 0 saturated carbocycles. The lowest BCUT2D eigenvalue weighted by Crippen LogP contribution is -2.22. The van der Waals surface area contributed by atoms with E-state index in [1.165, 1.54) is 5.56 Å². The molecule has 0 aliphatic carbocycles. The Balaban J connectivity index is 1.61. The molecule has 3 aromatic rings. The van der Waals surface area contributed by atoms with Crippen LogP contribution in [0.2, 0.25) is 5.02 Å². The van der Waals surface area contributed by atoms with Gasteiger partial charge in [0.1, 0.15) is 0 Å². The maximum Gasteiger partial charge on any atom is 0.262 e. The Morgan fingerprint density at radius 3 is 2.44 bits per heavy atom. The standard InChI is InChI=1S/C25H26BrClN2O3/c1-17-3-9-20(10-4-17)29-24(30)16-32-25-21(22(26)11-12-23(25)31-2)15-28-14-13-18-5-7-19(27)8-6-18/h3-12,28H,13-16H2,1-2H3,(H,29,30). The predicted octanol–water partition coefficient (Wildman–Crippen LogP) is 5.77. The number of methoxy groups -OCH3 is 1. The van der Waals surface area contributed by atoms with Gasteiger partial charge in [-0.05, 0) is 61.9 Å². The highest BCUT2D eigenvalue weighted by atomic mass is 79.9. The first-order chi connectivity index (χ1) is 15.5. The number of anilines is 1. The molecule has 3 rings (SSSR count). The predicted molar refractivity (Wildman–Crippen MR) is 133 cm³/mol. The van der Waals surface area contributed by atoms with E-state index in [4.69, 9.17) is 21.1 Å². The molecule has 7 heteroatoms. The Kier molecular flexibility index (Phi) is 8.97. The van der Waals surface area contributed by atoms with Gasteiger partial charge >= 0.3 is 0 Å². The largest absolute Gasteiger partial charge is 0.493 e. The summed E-state index contributed by atoms with van der Waals surface area (Å²) in [7, 11) is 1.58. The second-order valence-electron chi connectivity index (χ2n) is 7.31. The van der Waals surface area contributed by atoms with Crippen LogP contribution < -0.4 is 20.1 Å². The summed E-state index contributed by atoms with van der Waals surface area (Å²) in [5, 5.41) is 7.01. The molecule has 5 nitrogen and oxygen atoms in total. The Morgan fingerprint density at radius 2 is 1.75 bits per heavy atom. The molecule has 0 fully saturated rings. The highest BCUT2D eigenvalue weighted by Crippen LogP contribution is 2.36. The molecule has 0 atom stereocenters. The van der Waals surface area contributed by atoms with Crippen molar-refractivity contribution in [1.29, 1.82) is 0 Å². The Labute approximate surface area is 202 Å². The van der Waals surface area contributed by atoms with Crippen molar-refractivity contribution in [2.24, 2.45) is 0 Å². The van der Waals surface area contributed by atoms with E-state index in [-0.39, 0.29) is 12.5 Å². The van der Waals surface area contributed by atoms with E-state index >= 15 is 0 Å². The van der Waals surface area contributed by atoms with Crippen LogP contribution >= 0.6 is 27.5 Å². The molecule has 0 radical (unpaired) electrons. The topological polar surface area (TPSA) is 59.6 Å². The quantitative estimate of drug-likeness (QED) is 0.335. The normalized spacial score (nSPS) is 10.6. The summed E-state index contributed by atoms with van der Waals surface area (Å²) in [6.45, 7) is 3.21. The zero-order valence-electron chi connectivity index (χ0n) is 18.1. The third-order valence-corrected chi connectivity index (χ3v) is 5.87. The van der Waals surface area contributed by atoms with Crippen LogP contribution in [0.25, 0.3) is 0 Å². The number of nitrogens with one attached hydrogen (secondary N) is 2. The summed E-state index contributed by atoms with van der Waals surface area (Å²) in [4.78, 5) is 12.4. The van der Waals surface area contributed by atoms with Gasteiger partial charge in [-0.25, -0.2) is 0 Å². The molecule has 168 valence electrons. The molecular formula is C25H26BrClN2O3. The minimum absolute atomic E-state index is 0.127. The number of halogens is 2. The molecule has 0 aliphatic heterocycles. The van der Waals surface area contributed by atoms with Crippen molar-refractivity contribution in [2.45, 2.75) is 19.9 Å². The molecule has 0 spiro atoms. The molecule has 3 aromatic carbocycles. The summed E-state index contributed by atoms with van der Waals surface area (Å²) >= 11 is 9.54. The van der Waals surface area contributed by atoms with Gasteiger partial charge in [0, 0.05) is 27.3 Å². The minimum atomic E-state index is -0.238. The third kappa shape index (κ3) is 6.99. The van der Waals surface area contributed by atoms with Crippen LogP contribution in [0.3, 0.4) is 0 Å². The summed E-state index contributed by atoms with van der Waals surface area (Å²) in [6, 6.07) is 19.2. The summed E-state index contributed by atoms with van der Waals surface area (Å²) in [6.07, 6.45) is 0.869. The van der Waals surface area contributed by atoms with Crippen molar-refractivity contribution in [3.05, 3.63) is 86.8 Å². The second-order valence-corrected chi connectivity index (χ2v) is 8.60. The fourth-order valence-corrected chi connectivity index (χ4v) is 3.71. The van der Waals surface area contributed by atoms with Gasteiger partial charge in [-0.15, -0.1) is 0 Å². The number of carbonyl (C=O) groups is 1. The van der Waals surface area contributed by atoms with Crippen molar-refractivity contribution in [3.8, 4) is 11.5 Å². The zero-order chi connectivity index (χ0) is 22.9. The summed E-state index contributed by atoms with van der Waals surface area (Å²) in [5.74, 6) is 0.878. The van der Waals surface area contributed by atoms with E-state index < -0.39 is 0 Å². The average molecular weight is 518 g/mol. The van der Waals surface area contributed by atoms with Gasteiger partial charge in [-0.1, -0.05) is 57.4 Å². The SMILES string of the molecule is COc1ccc(Br)c(CNCCc2ccc(Cl)cc2)c1OCC(=O)Nc1ccc(C)cc1. The molecule has 1 amide bonds. The van der Waals surface area contributed by atoms with Crippen LogP contribution in [0.1, 0.15) is 16.7 Å². The first-order valence-corrected chi connectivity index (χ1v) is 11.4. The number of carbonyl (C=O) groups excluding carboxylic acids is 1. The first-order valence-electron chi connectivity index (χ1n) is 10.3. The summed E-state index contributed by atoms with van der Waals surface area (Å²) < 4.78 is 12.3. The maximum absolute atomic E-state index is 12.4. The molecular weight excluding hydrogens is 492 g/mol. The van der Waals surface area contributed by atoms with E-state index in [1.54, 1.807) is 7.11 Å². The van der Waals surface area contributed by atoms with E-state index in [0.29, 0.717) is 18.0 Å². The van der Waals surface area contributed by atoms with Gasteiger partial charge in [-0.3, -0.25) is 4.79 Å². The molecule has 0 aliphatic rings. The smallest absolute Gasteiger partial charge is 0.262 e. The van der Waals surface area contributed by atoms with Crippen LogP contribution in [0.4, 0.5) is 5.69 Å². The van der Waals surface area contributed by atoms with E-state index in [1.807, 2.05) is 67.6 Å². The second kappa shape index (κ2) is 11.9. The Morgan fingerprint density at radius 1 is 1.03 bits per heavy atom.